The number of anilines is 1. The van der Waals surface area contributed by atoms with Crippen molar-refractivity contribution in [3.63, 3.8) is 0 Å². The van der Waals surface area contributed by atoms with Crippen molar-refractivity contribution in [2.24, 2.45) is 17.8 Å². The van der Waals surface area contributed by atoms with E-state index in [9.17, 15) is 9.59 Å². The minimum atomic E-state index is 0.128. The van der Waals surface area contributed by atoms with E-state index in [1.165, 1.54) is 19.3 Å². The van der Waals surface area contributed by atoms with Gasteiger partial charge in [0.25, 0.3) is 0 Å². The van der Waals surface area contributed by atoms with Gasteiger partial charge >= 0.3 is 0 Å². The molecule has 0 aliphatic heterocycles. The van der Waals surface area contributed by atoms with E-state index in [0.29, 0.717) is 17.4 Å². The average molecular weight is 229 g/mol. The summed E-state index contributed by atoms with van der Waals surface area (Å²) in [5.74, 6) is 1.61. The van der Waals surface area contributed by atoms with Gasteiger partial charge in [-0.1, -0.05) is 18.6 Å². The summed E-state index contributed by atoms with van der Waals surface area (Å²) in [4.78, 5) is 22.6. The summed E-state index contributed by atoms with van der Waals surface area (Å²) >= 11 is 0. The molecule has 2 aliphatic rings. The van der Waals surface area contributed by atoms with Crippen LogP contribution in [-0.2, 0) is 4.79 Å². The Labute approximate surface area is 100 Å². The number of nitrogens with one attached hydrogen (secondary N) is 1. The normalized spacial score (nSPS) is 29.5. The Hall–Kier alpha value is -1.64. The minimum Gasteiger partial charge on any atom is -0.326 e. The van der Waals surface area contributed by atoms with Gasteiger partial charge in [0.05, 0.1) is 0 Å². The summed E-state index contributed by atoms with van der Waals surface area (Å²) in [7, 11) is 0. The van der Waals surface area contributed by atoms with E-state index in [-0.39, 0.29) is 11.8 Å². The lowest BCUT2D eigenvalue weighted by Crippen LogP contribution is -2.16. The lowest BCUT2D eigenvalue weighted by Gasteiger charge is -2.06. The third-order valence-electron chi connectivity index (χ3n) is 4.00. The van der Waals surface area contributed by atoms with Gasteiger partial charge in [-0.3, -0.25) is 9.59 Å². The second-order valence-electron chi connectivity index (χ2n) is 5.02. The molecule has 1 aromatic rings. The van der Waals surface area contributed by atoms with Gasteiger partial charge in [0.1, 0.15) is 6.29 Å². The summed E-state index contributed by atoms with van der Waals surface area (Å²) in [5.41, 5.74) is 1.32. The second-order valence-corrected chi connectivity index (χ2v) is 5.02. The molecular weight excluding hydrogens is 214 g/mol. The van der Waals surface area contributed by atoms with Crippen molar-refractivity contribution in [3.05, 3.63) is 29.8 Å². The van der Waals surface area contributed by atoms with E-state index in [1.807, 2.05) is 6.07 Å². The SMILES string of the molecule is O=Cc1cccc(NC(=O)C2C3CCCC32)c1. The second kappa shape index (κ2) is 3.99. The van der Waals surface area contributed by atoms with Crippen molar-refractivity contribution in [2.45, 2.75) is 19.3 Å². The van der Waals surface area contributed by atoms with Gasteiger partial charge in [-0.25, -0.2) is 0 Å². The molecular formula is C14H15NO2. The Morgan fingerprint density at radius 1 is 1.29 bits per heavy atom. The van der Waals surface area contributed by atoms with Crippen LogP contribution in [0.15, 0.2) is 24.3 Å². The molecule has 0 saturated heterocycles. The van der Waals surface area contributed by atoms with Gasteiger partial charge in [0, 0.05) is 17.2 Å². The van der Waals surface area contributed by atoms with E-state index < -0.39 is 0 Å². The molecule has 0 radical (unpaired) electrons. The van der Waals surface area contributed by atoms with Crippen LogP contribution >= 0.6 is 0 Å². The summed E-state index contributed by atoms with van der Waals surface area (Å²) in [6, 6.07) is 7.05. The van der Waals surface area contributed by atoms with Crippen LogP contribution in [0.2, 0.25) is 0 Å². The van der Waals surface area contributed by atoms with Gasteiger partial charge in [0.15, 0.2) is 0 Å². The number of rotatable bonds is 3. The average Bonchev–Trinajstić information content (AvgIpc) is 2.84. The molecule has 0 spiro atoms. The summed E-state index contributed by atoms with van der Waals surface area (Å²) in [6.45, 7) is 0. The first-order valence-electron chi connectivity index (χ1n) is 6.16. The zero-order valence-electron chi connectivity index (χ0n) is 9.56. The zero-order valence-corrected chi connectivity index (χ0v) is 9.56. The number of carbonyl (C=O) groups excluding carboxylic acids is 2. The fraction of sp³-hybridized carbons (Fsp3) is 0.429. The molecule has 2 saturated carbocycles. The van der Waals surface area contributed by atoms with Crippen molar-refractivity contribution in [1.29, 1.82) is 0 Å². The van der Waals surface area contributed by atoms with Crippen LogP contribution in [0.5, 0.6) is 0 Å². The summed E-state index contributed by atoms with van der Waals surface area (Å²) in [6.07, 6.45) is 4.48. The van der Waals surface area contributed by atoms with Crippen LogP contribution < -0.4 is 5.32 Å². The van der Waals surface area contributed by atoms with Crippen molar-refractivity contribution in [3.8, 4) is 0 Å². The Morgan fingerprint density at radius 3 is 2.76 bits per heavy atom. The van der Waals surface area contributed by atoms with E-state index in [2.05, 4.69) is 5.32 Å². The maximum Gasteiger partial charge on any atom is 0.228 e. The molecule has 0 bridgehead atoms. The van der Waals surface area contributed by atoms with Crippen LogP contribution in [0, 0.1) is 17.8 Å². The molecule has 3 nitrogen and oxygen atoms in total. The third kappa shape index (κ3) is 1.86. The number of hydrogen-bond acceptors (Lipinski definition) is 2. The fourth-order valence-corrected chi connectivity index (χ4v) is 3.13. The predicted molar refractivity (Wildman–Crippen MR) is 64.8 cm³/mol. The molecule has 2 unspecified atom stereocenters. The Balaban J connectivity index is 1.66. The van der Waals surface area contributed by atoms with Crippen molar-refractivity contribution in [1.82, 2.24) is 0 Å². The quantitative estimate of drug-likeness (QED) is 0.809. The van der Waals surface area contributed by atoms with Crippen LogP contribution in [0.25, 0.3) is 0 Å². The first kappa shape index (κ1) is 10.5. The van der Waals surface area contributed by atoms with Crippen molar-refractivity contribution >= 4 is 17.9 Å². The molecule has 88 valence electrons. The van der Waals surface area contributed by atoms with Gasteiger partial charge in [-0.2, -0.15) is 0 Å². The maximum atomic E-state index is 12.0. The maximum absolute atomic E-state index is 12.0. The van der Waals surface area contributed by atoms with E-state index in [4.69, 9.17) is 0 Å². The first-order valence-corrected chi connectivity index (χ1v) is 6.16. The van der Waals surface area contributed by atoms with E-state index in [0.717, 1.165) is 12.0 Å². The number of fused-ring (bicyclic) bond motifs is 1. The molecule has 3 rings (SSSR count). The van der Waals surface area contributed by atoms with Crippen molar-refractivity contribution < 1.29 is 9.59 Å². The molecule has 2 atom stereocenters. The third-order valence-corrected chi connectivity index (χ3v) is 4.00. The molecule has 2 fully saturated rings. The van der Waals surface area contributed by atoms with Gasteiger partial charge in [-0.05, 0) is 36.8 Å². The summed E-state index contributed by atoms with van der Waals surface area (Å²) in [5, 5.41) is 2.91. The molecule has 1 amide bonds. The zero-order chi connectivity index (χ0) is 11.8. The first-order chi connectivity index (χ1) is 8.29. The predicted octanol–water partition coefficient (Wildman–Crippen LogP) is 2.48. The number of hydrogen-bond donors (Lipinski definition) is 1. The molecule has 17 heavy (non-hydrogen) atoms. The van der Waals surface area contributed by atoms with Crippen LogP contribution in [0.4, 0.5) is 5.69 Å². The fourth-order valence-electron chi connectivity index (χ4n) is 3.13. The lowest BCUT2D eigenvalue weighted by molar-refractivity contribution is -0.118. The van der Waals surface area contributed by atoms with Gasteiger partial charge < -0.3 is 5.32 Å². The number of aldehydes is 1. The smallest absolute Gasteiger partial charge is 0.228 e. The molecule has 1 N–H and O–H groups in total. The highest BCUT2D eigenvalue weighted by Gasteiger charge is 2.56. The highest BCUT2D eigenvalue weighted by molar-refractivity contribution is 5.95. The molecule has 1 aromatic carbocycles. The summed E-state index contributed by atoms with van der Waals surface area (Å²) < 4.78 is 0. The highest BCUT2D eigenvalue weighted by Crippen LogP contribution is 2.57. The van der Waals surface area contributed by atoms with Gasteiger partial charge in [-0.15, -0.1) is 0 Å². The number of benzene rings is 1. The van der Waals surface area contributed by atoms with Crippen LogP contribution in [-0.4, -0.2) is 12.2 Å². The molecule has 0 aromatic heterocycles. The minimum absolute atomic E-state index is 0.128. The lowest BCUT2D eigenvalue weighted by atomic mass is 10.1. The van der Waals surface area contributed by atoms with E-state index in [1.54, 1.807) is 18.2 Å². The highest BCUT2D eigenvalue weighted by atomic mass is 16.2. The largest absolute Gasteiger partial charge is 0.326 e. The Bertz CT molecular complexity index is 459. The number of amides is 1. The van der Waals surface area contributed by atoms with Gasteiger partial charge in [0.2, 0.25) is 5.91 Å². The van der Waals surface area contributed by atoms with Crippen LogP contribution in [0.3, 0.4) is 0 Å². The monoisotopic (exact) mass is 229 g/mol. The Morgan fingerprint density at radius 2 is 2.06 bits per heavy atom. The molecule has 0 heterocycles. The molecule has 3 heteroatoms. The number of carbonyl (C=O) groups is 2. The topological polar surface area (TPSA) is 46.2 Å². The van der Waals surface area contributed by atoms with Crippen LogP contribution in [0.1, 0.15) is 29.6 Å². The van der Waals surface area contributed by atoms with E-state index >= 15 is 0 Å². The molecule has 2 aliphatic carbocycles. The Kier molecular flexibility index (Phi) is 2.46. The van der Waals surface area contributed by atoms with Crippen molar-refractivity contribution in [2.75, 3.05) is 5.32 Å². The standard InChI is InChI=1S/C14H15NO2/c16-8-9-3-1-4-10(7-9)15-14(17)13-11-5-2-6-12(11)13/h1,3-4,7-8,11-13H,2,5-6H2,(H,15,17).